The van der Waals surface area contributed by atoms with Gasteiger partial charge in [-0.25, -0.2) is 0 Å². The maximum Gasteiger partial charge on any atom is 0.325 e. The first-order valence-corrected chi connectivity index (χ1v) is 6.92. The molecule has 1 aliphatic rings. The van der Waals surface area contributed by atoms with E-state index in [0.717, 1.165) is 0 Å². The van der Waals surface area contributed by atoms with Crippen molar-refractivity contribution >= 4 is 17.8 Å². The second-order valence-electron chi connectivity index (χ2n) is 5.79. The first-order chi connectivity index (χ1) is 9.24. The second-order valence-corrected chi connectivity index (χ2v) is 5.79. The summed E-state index contributed by atoms with van der Waals surface area (Å²) >= 11 is 0. The molecule has 6 heteroatoms. The fourth-order valence-electron chi connectivity index (χ4n) is 2.05. The standard InChI is InChI=1S/C14H23NO5/c1-5-19-11(16)9-15-8-6-7-10(12(15)17)13(18)20-14(2,3)4/h10H,5-9H2,1-4H3. The fourth-order valence-corrected chi connectivity index (χ4v) is 2.05. The molecule has 1 aliphatic heterocycles. The van der Waals surface area contributed by atoms with E-state index in [1.807, 2.05) is 0 Å². The number of carbonyl (C=O) groups is 3. The van der Waals surface area contributed by atoms with Gasteiger partial charge < -0.3 is 14.4 Å². The Labute approximate surface area is 119 Å². The van der Waals surface area contributed by atoms with Crippen molar-refractivity contribution in [3.05, 3.63) is 0 Å². The van der Waals surface area contributed by atoms with Gasteiger partial charge in [-0.15, -0.1) is 0 Å². The van der Waals surface area contributed by atoms with Crippen LogP contribution in [0.3, 0.4) is 0 Å². The Bertz CT molecular complexity index is 386. The number of likely N-dealkylation sites (tertiary alicyclic amines) is 1. The molecule has 0 aromatic rings. The van der Waals surface area contributed by atoms with E-state index in [9.17, 15) is 14.4 Å². The number of piperidine rings is 1. The smallest absolute Gasteiger partial charge is 0.325 e. The van der Waals surface area contributed by atoms with Crippen molar-refractivity contribution in [2.45, 2.75) is 46.1 Å². The molecule has 0 aromatic carbocycles. The molecule has 0 saturated carbocycles. The molecule has 1 heterocycles. The van der Waals surface area contributed by atoms with Crippen LogP contribution < -0.4 is 0 Å². The van der Waals surface area contributed by atoms with E-state index >= 15 is 0 Å². The summed E-state index contributed by atoms with van der Waals surface area (Å²) in [6.07, 6.45) is 1.14. The molecule has 0 aromatic heterocycles. The molecule has 6 nitrogen and oxygen atoms in total. The molecular weight excluding hydrogens is 262 g/mol. The molecule has 0 aliphatic carbocycles. The zero-order valence-corrected chi connectivity index (χ0v) is 12.6. The molecule has 1 fully saturated rings. The summed E-state index contributed by atoms with van der Waals surface area (Å²) in [7, 11) is 0. The van der Waals surface area contributed by atoms with Gasteiger partial charge in [0.2, 0.25) is 5.91 Å². The number of nitrogens with zero attached hydrogens (tertiary/aromatic N) is 1. The van der Waals surface area contributed by atoms with Crippen LogP contribution in [0.15, 0.2) is 0 Å². The summed E-state index contributed by atoms with van der Waals surface area (Å²) in [5, 5.41) is 0. The van der Waals surface area contributed by atoms with Crippen molar-refractivity contribution in [3.8, 4) is 0 Å². The predicted molar refractivity (Wildman–Crippen MR) is 71.8 cm³/mol. The summed E-state index contributed by atoms with van der Waals surface area (Å²) in [5.74, 6) is -2.13. The molecule has 20 heavy (non-hydrogen) atoms. The Kier molecular flexibility index (Phi) is 5.53. The lowest BCUT2D eigenvalue weighted by atomic mass is 9.97. The third-order valence-electron chi connectivity index (χ3n) is 2.85. The second kappa shape index (κ2) is 6.72. The molecule has 1 saturated heterocycles. The van der Waals surface area contributed by atoms with Gasteiger partial charge in [0.25, 0.3) is 0 Å². The Hall–Kier alpha value is -1.59. The van der Waals surface area contributed by atoms with Crippen LogP contribution in [-0.2, 0) is 23.9 Å². The van der Waals surface area contributed by atoms with Gasteiger partial charge in [0.1, 0.15) is 18.1 Å². The van der Waals surface area contributed by atoms with Crippen molar-refractivity contribution in [1.29, 1.82) is 0 Å². The Morgan fingerprint density at radius 3 is 2.55 bits per heavy atom. The maximum atomic E-state index is 12.2. The van der Waals surface area contributed by atoms with E-state index in [0.29, 0.717) is 19.4 Å². The highest BCUT2D eigenvalue weighted by Gasteiger charge is 2.37. The van der Waals surface area contributed by atoms with E-state index in [-0.39, 0.29) is 19.1 Å². The highest BCUT2D eigenvalue weighted by atomic mass is 16.6. The van der Waals surface area contributed by atoms with Crippen LogP contribution in [0, 0.1) is 5.92 Å². The van der Waals surface area contributed by atoms with Crippen LogP contribution in [0.25, 0.3) is 0 Å². The summed E-state index contributed by atoms with van der Waals surface area (Å²) < 4.78 is 10.1. The number of esters is 2. The Morgan fingerprint density at radius 2 is 2.00 bits per heavy atom. The average molecular weight is 285 g/mol. The molecule has 0 spiro atoms. The van der Waals surface area contributed by atoms with Gasteiger partial charge in [0.05, 0.1) is 6.61 Å². The lowest BCUT2D eigenvalue weighted by molar-refractivity contribution is -0.168. The number of hydrogen-bond donors (Lipinski definition) is 0. The van der Waals surface area contributed by atoms with Crippen LogP contribution in [0.2, 0.25) is 0 Å². The first-order valence-electron chi connectivity index (χ1n) is 6.92. The molecule has 1 amide bonds. The third kappa shape index (κ3) is 4.83. The van der Waals surface area contributed by atoms with Crippen molar-refractivity contribution in [3.63, 3.8) is 0 Å². The van der Waals surface area contributed by atoms with Crippen LogP contribution >= 0.6 is 0 Å². The highest BCUT2D eigenvalue weighted by molar-refractivity contribution is 5.99. The molecule has 0 N–H and O–H groups in total. The van der Waals surface area contributed by atoms with E-state index < -0.39 is 23.5 Å². The summed E-state index contributed by atoms with van der Waals surface area (Å²) in [5.41, 5.74) is -0.624. The molecular formula is C14H23NO5. The number of ether oxygens (including phenoxy) is 2. The van der Waals surface area contributed by atoms with Gasteiger partial charge in [-0.3, -0.25) is 14.4 Å². The monoisotopic (exact) mass is 285 g/mol. The van der Waals surface area contributed by atoms with E-state index in [4.69, 9.17) is 9.47 Å². The largest absolute Gasteiger partial charge is 0.465 e. The maximum absolute atomic E-state index is 12.2. The van der Waals surface area contributed by atoms with Crippen molar-refractivity contribution in [2.75, 3.05) is 19.7 Å². The minimum absolute atomic E-state index is 0.105. The zero-order valence-electron chi connectivity index (χ0n) is 12.6. The van der Waals surface area contributed by atoms with Crippen LogP contribution in [-0.4, -0.2) is 48.0 Å². The highest BCUT2D eigenvalue weighted by Crippen LogP contribution is 2.22. The molecule has 0 bridgehead atoms. The van der Waals surface area contributed by atoms with Crippen LogP contribution in [0.5, 0.6) is 0 Å². The SMILES string of the molecule is CCOC(=O)CN1CCCC(C(=O)OC(C)(C)C)C1=O. The average Bonchev–Trinajstić information content (AvgIpc) is 2.29. The van der Waals surface area contributed by atoms with Crippen molar-refractivity contribution in [2.24, 2.45) is 5.92 Å². The summed E-state index contributed by atoms with van der Waals surface area (Å²) in [6.45, 7) is 7.62. The van der Waals surface area contributed by atoms with Gasteiger partial charge in [-0.05, 0) is 40.5 Å². The quantitative estimate of drug-likeness (QED) is 0.572. The number of rotatable bonds is 4. The van der Waals surface area contributed by atoms with Crippen molar-refractivity contribution < 1.29 is 23.9 Å². The molecule has 0 radical (unpaired) electrons. The number of amides is 1. The van der Waals surface area contributed by atoms with E-state index in [2.05, 4.69) is 0 Å². The fraction of sp³-hybridized carbons (Fsp3) is 0.786. The molecule has 1 unspecified atom stereocenters. The summed E-state index contributed by atoms with van der Waals surface area (Å²) in [6, 6.07) is 0. The number of carbonyl (C=O) groups excluding carboxylic acids is 3. The predicted octanol–water partition coefficient (Wildman–Crippen LogP) is 1.13. The van der Waals surface area contributed by atoms with E-state index in [1.54, 1.807) is 27.7 Å². The van der Waals surface area contributed by atoms with Crippen LogP contribution in [0.1, 0.15) is 40.5 Å². The minimum Gasteiger partial charge on any atom is -0.465 e. The molecule has 114 valence electrons. The molecule has 1 rings (SSSR count). The Balaban J connectivity index is 2.64. The number of hydrogen-bond acceptors (Lipinski definition) is 5. The normalized spacial score (nSPS) is 19.7. The lowest BCUT2D eigenvalue weighted by Crippen LogP contribution is -2.47. The van der Waals surface area contributed by atoms with Gasteiger partial charge in [0.15, 0.2) is 0 Å². The third-order valence-corrected chi connectivity index (χ3v) is 2.85. The van der Waals surface area contributed by atoms with Crippen LogP contribution in [0.4, 0.5) is 0 Å². The Morgan fingerprint density at radius 1 is 1.35 bits per heavy atom. The topological polar surface area (TPSA) is 72.9 Å². The van der Waals surface area contributed by atoms with E-state index in [1.165, 1.54) is 4.90 Å². The minimum atomic E-state index is -0.808. The molecule has 1 atom stereocenters. The van der Waals surface area contributed by atoms with Gasteiger partial charge >= 0.3 is 11.9 Å². The van der Waals surface area contributed by atoms with Gasteiger partial charge in [0, 0.05) is 6.54 Å². The van der Waals surface area contributed by atoms with Gasteiger partial charge in [-0.1, -0.05) is 0 Å². The van der Waals surface area contributed by atoms with Crippen molar-refractivity contribution in [1.82, 2.24) is 4.90 Å². The zero-order chi connectivity index (χ0) is 15.3. The lowest BCUT2D eigenvalue weighted by Gasteiger charge is -2.32. The summed E-state index contributed by atoms with van der Waals surface area (Å²) in [4.78, 5) is 37.0. The first kappa shape index (κ1) is 16.5. The van der Waals surface area contributed by atoms with Gasteiger partial charge in [-0.2, -0.15) is 0 Å².